The van der Waals surface area contributed by atoms with Gasteiger partial charge in [0, 0.05) is 18.4 Å². The Morgan fingerprint density at radius 1 is 1.26 bits per heavy atom. The fraction of sp³-hybridized carbons (Fsp3) is 0.438. The van der Waals surface area contributed by atoms with Crippen LogP contribution >= 0.6 is 0 Å². The molecular formula is C16H19N3O4. The lowest BCUT2D eigenvalue weighted by Gasteiger charge is -2.23. The van der Waals surface area contributed by atoms with Gasteiger partial charge in [-0.2, -0.15) is 10.3 Å². The first-order chi connectivity index (χ1) is 11.3. The Hall–Kier alpha value is -2.41. The van der Waals surface area contributed by atoms with Crippen LogP contribution in [0.3, 0.4) is 0 Å². The third-order valence-electron chi connectivity index (χ3n) is 3.62. The number of carbonyl (C=O) groups is 1. The van der Waals surface area contributed by atoms with E-state index in [0.29, 0.717) is 12.3 Å². The average Bonchev–Trinajstić information content (AvgIpc) is 3.06. The van der Waals surface area contributed by atoms with Crippen molar-refractivity contribution in [3.05, 3.63) is 30.0 Å². The topological polar surface area (TPSA) is 86.3 Å². The van der Waals surface area contributed by atoms with Crippen LogP contribution in [0.2, 0.25) is 0 Å². The maximum atomic E-state index is 11.8. The smallest absolute Gasteiger partial charge is 0.361 e. The van der Waals surface area contributed by atoms with Crippen LogP contribution in [0.5, 0.6) is 5.75 Å². The summed E-state index contributed by atoms with van der Waals surface area (Å²) in [4.78, 5) is 11.8. The third kappa shape index (κ3) is 3.68. The predicted octanol–water partition coefficient (Wildman–Crippen LogP) is 2.21. The van der Waals surface area contributed by atoms with Crippen molar-refractivity contribution >= 4 is 5.97 Å². The zero-order chi connectivity index (χ0) is 16.1. The molecule has 1 aromatic carbocycles. The van der Waals surface area contributed by atoms with Gasteiger partial charge in [-0.15, -0.1) is 5.10 Å². The highest BCUT2D eigenvalue weighted by Crippen LogP contribution is 2.24. The molecular weight excluding hydrogens is 298 g/mol. The number of nitrogens with one attached hydrogen (secondary N) is 1. The Bertz CT molecular complexity index is 648. The van der Waals surface area contributed by atoms with Crippen LogP contribution in [0.1, 0.15) is 30.3 Å². The Morgan fingerprint density at radius 3 is 2.70 bits per heavy atom. The van der Waals surface area contributed by atoms with Crippen molar-refractivity contribution in [1.29, 1.82) is 0 Å². The molecule has 1 N–H and O–H groups in total. The second-order valence-electron chi connectivity index (χ2n) is 5.20. The fourth-order valence-corrected chi connectivity index (χ4v) is 2.45. The molecule has 1 saturated heterocycles. The minimum Gasteiger partial charge on any atom is -0.490 e. The maximum Gasteiger partial charge on any atom is 0.361 e. The van der Waals surface area contributed by atoms with E-state index < -0.39 is 5.97 Å². The van der Waals surface area contributed by atoms with Crippen molar-refractivity contribution in [3.8, 4) is 17.0 Å². The molecule has 1 aliphatic heterocycles. The van der Waals surface area contributed by atoms with Gasteiger partial charge in [-0.3, -0.25) is 0 Å². The number of nitrogens with zero attached hydrogens (tertiary/aromatic N) is 2. The third-order valence-corrected chi connectivity index (χ3v) is 3.62. The summed E-state index contributed by atoms with van der Waals surface area (Å²) in [7, 11) is 0. The largest absolute Gasteiger partial charge is 0.490 e. The molecule has 3 rings (SSSR count). The number of rotatable bonds is 5. The lowest BCUT2D eigenvalue weighted by molar-refractivity contribution is 0.0256. The highest BCUT2D eigenvalue weighted by atomic mass is 16.5. The molecule has 23 heavy (non-hydrogen) atoms. The van der Waals surface area contributed by atoms with Crippen LogP contribution in [-0.2, 0) is 9.47 Å². The molecule has 0 unspecified atom stereocenters. The van der Waals surface area contributed by atoms with Gasteiger partial charge in [0.05, 0.1) is 19.8 Å². The van der Waals surface area contributed by atoms with Crippen LogP contribution in [0.4, 0.5) is 0 Å². The normalized spacial score (nSPS) is 15.3. The minimum absolute atomic E-state index is 0.185. The summed E-state index contributed by atoms with van der Waals surface area (Å²) in [6, 6.07) is 7.45. The van der Waals surface area contributed by atoms with Crippen LogP contribution < -0.4 is 4.74 Å². The molecule has 122 valence electrons. The number of aromatic nitrogens is 3. The van der Waals surface area contributed by atoms with Crippen LogP contribution in [-0.4, -0.2) is 47.3 Å². The van der Waals surface area contributed by atoms with Crippen LogP contribution in [0.25, 0.3) is 11.3 Å². The van der Waals surface area contributed by atoms with E-state index in [-0.39, 0.29) is 11.8 Å². The second-order valence-corrected chi connectivity index (χ2v) is 5.20. The van der Waals surface area contributed by atoms with E-state index in [1.54, 1.807) is 6.92 Å². The van der Waals surface area contributed by atoms with E-state index in [2.05, 4.69) is 15.4 Å². The number of carbonyl (C=O) groups excluding carboxylic acids is 1. The Labute approximate surface area is 133 Å². The van der Waals surface area contributed by atoms with E-state index in [1.807, 2.05) is 24.3 Å². The quantitative estimate of drug-likeness (QED) is 0.851. The maximum absolute atomic E-state index is 11.8. The Kier molecular flexibility index (Phi) is 4.87. The molecule has 0 atom stereocenters. The van der Waals surface area contributed by atoms with Crippen molar-refractivity contribution in [2.24, 2.45) is 0 Å². The van der Waals surface area contributed by atoms with Crippen molar-refractivity contribution in [3.63, 3.8) is 0 Å². The number of esters is 1. The summed E-state index contributed by atoms with van der Waals surface area (Å²) in [6.45, 7) is 3.53. The molecule has 0 bridgehead atoms. The number of ether oxygens (including phenoxy) is 3. The van der Waals surface area contributed by atoms with Crippen LogP contribution in [0, 0.1) is 0 Å². The summed E-state index contributed by atoms with van der Waals surface area (Å²) in [5.74, 6) is 0.306. The molecule has 1 aliphatic rings. The number of hydrogen-bond donors (Lipinski definition) is 1. The van der Waals surface area contributed by atoms with Gasteiger partial charge >= 0.3 is 5.97 Å². The van der Waals surface area contributed by atoms with Gasteiger partial charge in [-0.05, 0) is 31.2 Å². The first kappa shape index (κ1) is 15.5. The molecule has 1 aromatic heterocycles. The van der Waals surface area contributed by atoms with Crippen molar-refractivity contribution in [2.75, 3.05) is 19.8 Å². The summed E-state index contributed by atoms with van der Waals surface area (Å²) in [6.07, 6.45) is 1.99. The molecule has 7 nitrogen and oxygen atoms in total. The van der Waals surface area contributed by atoms with E-state index in [9.17, 15) is 4.79 Å². The van der Waals surface area contributed by atoms with Gasteiger partial charge in [-0.1, -0.05) is 0 Å². The summed E-state index contributed by atoms with van der Waals surface area (Å²) >= 11 is 0. The second kappa shape index (κ2) is 7.23. The molecule has 0 radical (unpaired) electrons. The molecule has 7 heteroatoms. The predicted molar refractivity (Wildman–Crippen MR) is 82.2 cm³/mol. The van der Waals surface area contributed by atoms with E-state index in [4.69, 9.17) is 14.2 Å². The van der Waals surface area contributed by atoms with E-state index in [0.717, 1.165) is 37.4 Å². The SMILES string of the molecule is CCOC(=O)c1n[nH]nc1-c1ccc(OC2CCOCC2)cc1. The average molecular weight is 317 g/mol. The molecule has 0 aliphatic carbocycles. The van der Waals surface area contributed by atoms with E-state index >= 15 is 0 Å². The Morgan fingerprint density at radius 2 is 2.00 bits per heavy atom. The molecule has 0 spiro atoms. The standard InChI is InChI=1S/C16H19N3O4/c1-2-22-16(20)15-14(17-19-18-15)11-3-5-12(6-4-11)23-13-7-9-21-10-8-13/h3-6,13H,2,7-10H2,1H3,(H,17,18,19). The van der Waals surface area contributed by atoms with Crippen molar-refractivity contribution in [1.82, 2.24) is 15.4 Å². The van der Waals surface area contributed by atoms with Crippen molar-refractivity contribution in [2.45, 2.75) is 25.9 Å². The molecule has 0 saturated carbocycles. The van der Waals surface area contributed by atoms with E-state index in [1.165, 1.54) is 0 Å². The molecule has 0 amide bonds. The van der Waals surface area contributed by atoms with Gasteiger partial charge in [0.2, 0.25) is 0 Å². The highest BCUT2D eigenvalue weighted by molar-refractivity contribution is 5.93. The number of aromatic amines is 1. The van der Waals surface area contributed by atoms with Gasteiger partial charge in [0.25, 0.3) is 0 Å². The summed E-state index contributed by atoms with van der Waals surface area (Å²) < 4.78 is 16.2. The van der Waals surface area contributed by atoms with Gasteiger partial charge in [0.15, 0.2) is 5.69 Å². The lowest BCUT2D eigenvalue weighted by Crippen LogP contribution is -2.25. The van der Waals surface area contributed by atoms with Crippen LogP contribution in [0.15, 0.2) is 24.3 Å². The first-order valence-electron chi connectivity index (χ1n) is 7.70. The van der Waals surface area contributed by atoms with Gasteiger partial charge in [-0.25, -0.2) is 4.79 Å². The zero-order valence-corrected chi connectivity index (χ0v) is 12.9. The summed E-state index contributed by atoms with van der Waals surface area (Å²) in [5.41, 5.74) is 1.44. The molecule has 1 fully saturated rings. The van der Waals surface area contributed by atoms with Gasteiger partial charge in [0.1, 0.15) is 17.5 Å². The zero-order valence-electron chi connectivity index (χ0n) is 12.9. The fourth-order valence-electron chi connectivity index (χ4n) is 2.45. The minimum atomic E-state index is -0.487. The summed E-state index contributed by atoms with van der Waals surface area (Å²) in [5, 5.41) is 10.4. The van der Waals surface area contributed by atoms with Gasteiger partial charge < -0.3 is 14.2 Å². The molecule has 2 aromatic rings. The monoisotopic (exact) mass is 317 g/mol. The first-order valence-corrected chi connectivity index (χ1v) is 7.70. The lowest BCUT2D eigenvalue weighted by atomic mass is 10.1. The Balaban J connectivity index is 1.72. The number of H-pyrrole nitrogens is 1. The highest BCUT2D eigenvalue weighted by Gasteiger charge is 2.19. The molecule has 2 heterocycles. The number of benzene rings is 1. The number of hydrogen-bond acceptors (Lipinski definition) is 6. The van der Waals surface area contributed by atoms with Crippen molar-refractivity contribution < 1.29 is 19.0 Å².